The fraction of sp³-hybridized carbons (Fsp3) is 0.577. The largest absolute Gasteiger partial charge is 0.465 e. The molecule has 2 heterocycles. The number of carbonyl (C=O) groups excluding carboxylic acids is 1. The Morgan fingerprint density at radius 2 is 1.97 bits per heavy atom. The second-order valence-electron chi connectivity index (χ2n) is 10.0. The molecule has 2 amide bonds. The number of amides is 2. The van der Waals surface area contributed by atoms with Gasteiger partial charge in [0.25, 0.3) is 0 Å². The van der Waals surface area contributed by atoms with E-state index in [1.54, 1.807) is 0 Å². The Morgan fingerprint density at radius 3 is 2.55 bits per heavy atom. The number of nitriles is 1. The second kappa shape index (κ2) is 9.46. The number of benzene rings is 1. The van der Waals surface area contributed by atoms with Crippen LogP contribution in [-0.2, 0) is 17.8 Å². The van der Waals surface area contributed by atoms with Gasteiger partial charge < -0.3 is 20.3 Å². The number of hydrogen-bond donors (Lipinski definition) is 3. The van der Waals surface area contributed by atoms with Gasteiger partial charge in [0.15, 0.2) is 0 Å². The zero-order valence-electron chi connectivity index (χ0n) is 19.6. The maximum atomic E-state index is 12.9. The molecule has 33 heavy (non-hydrogen) atoms. The van der Waals surface area contributed by atoms with E-state index in [1.807, 2.05) is 6.07 Å². The molecule has 0 atom stereocenters. The van der Waals surface area contributed by atoms with Gasteiger partial charge in [-0.25, -0.2) is 4.79 Å². The van der Waals surface area contributed by atoms with Crippen molar-refractivity contribution in [1.82, 2.24) is 15.2 Å². The minimum Gasteiger partial charge on any atom is -0.465 e. The van der Waals surface area contributed by atoms with E-state index in [0.717, 1.165) is 32.4 Å². The highest BCUT2D eigenvalue weighted by molar-refractivity contribution is 5.87. The average Bonchev–Trinajstić information content (AvgIpc) is 3.49. The normalized spacial score (nSPS) is 19.3. The van der Waals surface area contributed by atoms with Crippen molar-refractivity contribution in [3.63, 3.8) is 0 Å². The summed E-state index contributed by atoms with van der Waals surface area (Å²) in [5.74, 6) is 1.20. The Bertz CT molecular complexity index is 1070. The van der Waals surface area contributed by atoms with E-state index in [4.69, 9.17) is 10.4 Å². The van der Waals surface area contributed by atoms with Crippen molar-refractivity contribution >= 4 is 22.9 Å². The Hall–Kier alpha value is -3.01. The summed E-state index contributed by atoms with van der Waals surface area (Å²) >= 11 is 0. The van der Waals surface area contributed by atoms with Crippen LogP contribution in [0.3, 0.4) is 0 Å². The molecule has 2 aromatic rings. The van der Waals surface area contributed by atoms with Crippen molar-refractivity contribution < 1.29 is 14.7 Å². The first-order valence-electron chi connectivity index (χ1n) is 12.2. The van der Waals surface area contributed by atoms with Crippen molar-refractivity contribution in [2.45, 2.75) is 83.2 Å². The van der Waals surface area contributed by atoms with Gasteiger partial charge in [-0.1, -0.05) is 39.2 Å². The van der Waals surface area contributed by atoms with Crippen LogP contribution in [-0.4, -0.2) is 39.1 Å². The summed E-state index contributed by atoms with van der Waals surface area (Å²) in [6.07, 6.45) is 7.07. The smallest absolute Gasteiger partial charge is 0.405 e. The third-order valence-electron chi connectivity index (χ3n) is 7.24. The lowest BCUT2D eigenvalue weighted by Gasteiger charge is -2.32. The quantitative estimate of drug-likeness (QED) is 0.607. The minimum absolute atomic E-state index is 0.275. The molecule has 0 saturated heterocycles. The van der Waals surface area contributed by atoms with Crippen LogP contribution in [0.5, 0.6) is 0 Å². The van der Waals surface area contributed by atoms with E-state index in [2.05, 4.69) is 47.2 Å². The molecule has 3 aliphatic rings. The number of fused-ring (bicyclic) bond motifs is 3. The van der Waals surface area contributed by atoms with Crippen LogP contribution in [0.4, 0.5) is 4.79 Å². The van der Waals surface area contributed by atoms with Crippen molar-refractivity contribution in [3.8, 4) is 6.07 Å². The zero-order chi connectivity index (χ0) is 23.6. The van der Waals surface area contributed by atoms with Gasteiger partial charge in [0.05, 0.1) is 6.07 Å². The first-order valence-corrected chi connectivity index (χ1v) is 12.2. The maximum absolute atomic E-state index is 12.9. The third-order valence-corrected chi connectivity index (χ3v) is 7.24. The van der Waals surface area contributed by atoms with Crippen molar-refractivity contribution in [1.29, 1.82) is 5.26 Å². The molecule has 0 unspecified atom stereocenters. The molecule has 1 aliphatic heterocycles. The standard InChI is InChI=1S/C21H28N2O.C5H6N2O2/c1-14(2)16-8-9-19-17(12-16)18-13-23(11-10-20(18)22-19)21(24)15-6-4-3-5-7-15;6-3-5(1-2-5)7-4(8)9/h8-9,12,14-15,22H,3-7,10-11,13H2,1-2H3;7H,1-2H2,(H,8,9). The molecule has 1 aromatic heterocycles. The van der Waals surface area contributed by atoms with Crippen LogP contribution in [0.1, 0.15) is 81.5 Å². The molecule has 0 radical (unpaired) electrons. The molecular formula is C26H34N4O3. The predicted octanol–water partition coefficient (Wildman–Crippen LogP) is 5.07. The zero-order valence-corrected chi connectivity index (χ0v) is 19.6. The predicted molar refractivity (Wildman–Crippen MR) is 127 cm³/mol. The lowest BCUT2D eigenvalue weighted by Crippen LogP contribution is -2.40. The molecule has 7 heteroatoms. The Balaban J connectivity index is 0.000000243. The van der Waals surface area contributed by atoms with Gasteiger partial charge in [0, 0.05) is 47.6 Å². The van der Waals surface area contributed by atoms with E-state index in [0.29, 0.717) is 24.7 Å². The molecule has 2 saturated carbocycles. The minimum atomic E-state index is -1.12. The van der Waals surface area contributed by atoms with Crippen LogP contribution in [0, 0.1) is 17.2 Å². The summed E-state index contributed by atoms with van der Waals surface area (Å²) in [6.45, 7) is 6.12. The molecule has 3 N–H and O–H groups in total. The van der Waals surface area contributed by atoms with Gasteiger partial charge >= 0.3 is 6.09 Å². The van der Waals surface area contributed by atoms with Gasteiger partial charge in [-0.15, -0.1) is 0 Å². The molecule has 2 aliphatic carbocycles. The van der Waals surface area contributed by atoms with Gasteiger partial charge in [-0.3, -0.25) is 4.79 Å². The first-order chi connectivity index (χ1) is 15.8. The molecule has 0 bridgehead atoms. The van der Waals surface area contributed by atoms with E-state index in [1.165, 1.54) is 47.0 Å². The van der Waals surface area contributed by atoms with Crippen LogP contribution in [0.15, 0.2) is 18.2 Å². The van der Waals surface area contributed by atoms with Crippen molar-refractivity contribution in [2.24, 2.45) is 5.92 Å². The summed E-state index contributed by atoms with van der Waals surface area (Å²) in [7, 11) is 0. The maximum Gasteiger partial charge on any atom is 0.405 e. The number of aromatic amines is 1. The Morgan fingerprint density at radius 1 is 1.24 bits per heavy atom. The second-order valence-corrected chi connectivity index (χ2v) is 10.0. The number of aromatic nitrogens is 1. The Kier molecular flexibility index (Phi) is 6.64. The van der Waals surface area contributed by atoms with E-state index in [9.17, 15) is 9.59 Å². The number of nitrogens with one attached hydrogen (secondary N) is 2. The summed E-state index contributed by atoms with van der Waals surface area (Å²) in [5.41, 5.74) is 4.55. The summed E-state index contributed by atoms with van der Waals surface area (Å²) < 4.78 is 0. The van der Waals surface area contributed by atoms with Gasteiger partial charge in [-0.2, -0.15) is 5.26 Å². The van der Waals surface area contributed by atoms with E-state index in [-0.39, 0.29) is 5.92 Å². The molecule has 7 nitrogen and oxygen atoms in total. The van der Waals surface area contributed by atoms with E-state index < -0.39 is 11.6 Å². The summed E-state index contributed by atoms with van der Waals surface area (Å²) in [5, 5.41) is 19.9. The van der Waals surface area contributed by atoms with Crippen LogP contribution >= 0.6 is 0 Å². The number of H-pyrrole nitrogens is 1. The van der Waals surface area contributed by atoms with Gasteiger partial charge in [0.1, 0.15) is 5.54 Å². The summed E-state index contributed by atoms with van der Waals surface area (Å²) in [4.78, 5) is 28.6. The van der Waals surface area contributed by atoms with Crippen molar-refractivity contribution in [2.75, 3.05) is 6.54 Å². The van der Waals surface area contributed by atoms with Crippen LogP contribution < -0.4 is 5.32 Å². The molecule has 176 valence electrons. The lowest BCUT2D eigenvalue weighted by molar-refractivity contribution is -0.137. The fourth-order valence-corrected chi connectivity index (χ4v) is 4.98. The molecule has 0 spiro atoms. The first kappa shape index (κ1) is 23.2. The SMILES string of the molecule is CC(C)c1ccc2[nH]c3c(c2c1)CN(C(=O)C1CCCCC1)CC3.N#CC1(NC(=O)O)CC1. The topological polar surface area (TPSA) is 109 Å². The molecule has 2 fully saturated rings. The number of carbonyl (C=O) groups is 2. The highest BCUT2D eigenvalue weighted by Crippen LogP contribution is 2.34. The van der Waals surface area contributed by atoms with Gasteiger partial charge in [-0.05, 0) is 49.3 Å². The number of carboxylic acid groups (broad SMARTS) is 1. The summed E-state index contributed by atoms with van der Waals surface area (Å²) in [6, 6.07) is 8.64. The Labute approximate surface area is 195 Å². The molecular weight excluding hydrogens is 416 g/mol. The number of hydrogen-bond acceptors (Lipinski definition) is 3. The number of rotatable bonds is 3. The van der Waals surface area contributed by atoms with Crippen LogP contribution in [0.25, 0.3) is 10.9 Å². The van der Waals surface area contributed by atoms with Crippen molar-refractivity contribution in [3.05, 3.63) is 35.0 Å². The van der Waals surface area contributed by atoms with E-state index >= 15 is 0 Å². The van der Waals surface area contributed by atoms with Gasteiger partial charge in [0.2, 0.25) is 5.91 Å². The van der Waals surface area contributed by atoms with Crippen LogP contribution in [0.2, 0.25) is 0 Å². The highest BCUT2D eigenvalue weighted by Gasteiger charge is 2.44. The highest BCUT2D eigenvalue weighted by atomic mass is 16.4. The third kappa shape index (κ3) is 5.16. The molecule has 1 aromatic carbocycles. The average molecular weight is 451 g/mol. The fourth-order valence-electron chi connectivity index (χ4n) is 4.98. The number of nitrogens with zero attached hydrogens (tertiary/aromatic N) is 2. The monoisotopic (exact) mass is 450 g/mol. The molecule has 5 rings (SSSR count). The lowest BCUT2D eigenvalue weighted by atomic mass is 9.87.